The van der Waals surface area contributed by atoms with Gasteiger partial charge < -0.3 is 10.7 Å². The first-order valence-electron chi connectivity index (χ1n) is 6.37. The smallest absolute Gasteiger partial charge is 0.242 e. The molecule has 1 aliphatic rings. The standard InChI is InChI=1S/C13H17N3O2S2/c1-19-13(4-5-13)8-16-20(17,18)12-7-15-11-6-9(14)2-3-10(11)12/h2-3,6-7,15-16H,4-5,8,14H2,1H3. The molecule has 20 heavy (non-hydrogen) atoms. The van der Waals surface area contributed by atoms with Gasteiger partial charge in [-0.1, -0.05) is 0 Å². The minimum atomic E-state index is -3.50. The number of aromatic nitrogens is 1. The van der Waals surface area contributed by atoms with Crippen LogP contribution in [0.3, 0.4) is 0 Å². The third kappa shape index (κ3) is 2.41. The van der Waals surface area contributed by atoms with E-state index in [-0.39, 0.29) is 9.64 Å². The van der Waals surface area contributed by atoms with E-state index >= 15 is 0 Å². The van der Waals surface area contributed by atoms with Crippen LogP contribution in [0.1, 0.15) is 12.8 Å². The van der Waals surface area contributed by atoms with Crippen molar-refractivity contribution in [2.75, 3.05) is 18.5 Å². The van der Waals surface area contributed by atoms with E-state index in [0.29, 0.717) is 17.6 Å². The highest BCUT2D eigenvalue weighted by atomic mass is 32.2. The number of benzene rings is 1. The maximum absolute atomic E-state index is 12.4. The van der Waals surface area contributed by atoms with Gasteiger partial charge in [-0.3, -0.25) is 0 Å². The first-order chi connectivity index (χ1) is 9.46. The Balaban J connectivity index is 1.89. The van der Waals surface area contributed by atoms with Crippen LogP contribution < -0.4 is 10.5 Å². The van der Waals surface area contributed by atoms with Crippen LogP contribution >= 0.6 is 11.8 Å². The average molecular weight is 311 g/mol. The molecule has 0 aliphatic heterocycles. The number of hydrogen-bond acceptors (Lipinski definition) is 4. The molecule has 0 amide bonds. The maximum Gasteiger partial charge on any atom is 0.242 e. The van der Waals surface area contributed by atoms with Gasteiger partial charge in [-0.05, 0) is 37.3 Å². The number of aromatic amines is 1. The lowest BCUT2D eigenvalue weighted by atomic mass is 10.2. The van der Waals surface area contributed by atoms with E-state index in [9.17, 15) is 8.42 Å². The van der Waals surface area contributed by atoms with Gasteiger partial charge in [0.25, 0.3) is 0 Å². The number of thioether (sulfide) groups is 1. The Morgan fingerprint density at radius 2 is 2.20 bits per heavy atom. The van der Waals surface area contributed by atoms with Crippen molar-refractivity contribution >= 4 is 38.4 Å². The molecule has 1 saturated carbocycles. The van der Waals surface area contributed by atoms with Crippen LogP contribution in [0.4, 0.5) is 5.69 Å². The second-order valence-electron chi connectivity index (χ2n) is 5.17. The molecule has 108 valence electrons. The van der Waals surface area contributed by atoms with Crippen molar-refractivity contribution in [1.82, 2.24) is 9.71 Å². The molecule has 0 saturated heterocycles. The third-order valence-corrected chi connectivity index (χ3v) is 6.64. The summed E-state index contributed by atoms with van der Waals surface area (Å²) in [5, 5.41) is 0.667. The van der Waals surface area contributed by atoms with Gasteiger partial charge in [0, 0.05) is 34.1 Å². The number of nitrogens with one attached hydrogen (secondary N) is 2. The van der Waals surface area contributed by atoms with Gasteiger partial charge in [0.05, 0.1) is 0 Å². The number of nitrogen functional groups attached to an aromatic ring is 1. The van der Waals surface area contributed by atoms with E-state index in [1.54, 1.807) is 30.0 Å². The number of anilines is 1. The summed E-state index contributed by atoms with van der Waals surface area (Å²) in [6.45, 7) is 0.484. The molecular weight excluding hydrogens is 294 g/mol. The van der Waals surface area contributed by atoms with Gasteiger partial charge in [-0.25, -0.2) is 13.1 Å². The second-order valence-corrected chi connectivity index (χ2v) is 8.18. The van der Waals surface area contributed by atoms with E-state index in [0.717, 1.165) is 18.4 Å². The van der Waals surface area contributed by atoms with Crippen molar-refractivity contribution in [3.63, 3.8) is 0 Å². The Bertz CT molecular complexity index is 748. The molecule has 1 heterocycles. The van der Waals surface area contributed by atoms with Crippen molar-refractivity contribution in [3.05, 3.63) is 24.4 Å². The lowest BCUT2D eigenvalue weighted by Crippen LogP contribution is -2.31. The number of H-pyrrole nitrogens is 1. The summed E-state index contributed by atoms with van der Waals surface area (Å²) in [7, 11) is -3.50. The summed E-state index contributed by atoms with van der Waals surface area (Å²) in [6.07, 6.45) is 5.68. The highest BCUT2D eigenvalue weighted by Gasteiger charge is 2.42. The summed E-state index contributed by atoms with van der Waals surface area (Å²) in [6, 6.07) is 5.18. The third-order valence-electron chi connectivity index (χ3n) is 3.78. The van der Waals surface area contributed by atoms with E-state index in [4.69, 9.17) is 5.73 Å². The zero-order valence-electron chi connectivity index (χ0n) is 11.1. The number of fused-ring (bicyclic) bond motifs is 1. The molecule has 7 heteroatoms. The van der Waals surface area contributed by atoms with Crippen molar-refractivity contribution in [2.45, 2.75) is 22.5 Å². The first-order valence-corrected chi connectivity index (χ1v) is 9.08. The van der Waals surface area contributed by atoms with Crippen LogP contribution in [0, 0.1) is 0 Å². The van der Waals surface area contributed by atoms with Crippen LogP contribution in [-0.2, 0) is 10.0 Å². The normalized spacial score (nSPS) is 17.4. The van der Waals surface area contributed by atoms with Gasteiger partial charge in [0.2, 0.25) is 10.0 Å². The molecular formula is C13H17N3O2S2. The van der Waals surface area contributed by atoms with Crippen molar-refractivity contribution in [2.24, 2.45) is 0 Å². The van der Waals surface area contributed by atoms with Crippen molar-refractivity contribution in [3.8, 4) is 0 Å². The van der Waals surface area contributed by atoms with Crippen LogP contribution in [0.2, 0.25) is 0 Å². The Kier molecular flexibility index (Phi) is 3.23. The fourth-order valence-corrected chi connectivity index (χ4v) is 4.36. The van der Waals surface area contributed by atoms with Gasteiger partial charge in [-0.2, -0.15) is 11.8 Å². The van der Waals surface area contributed by atoms with Gasteiger partial charge >= 0.3 is 0 Å². The Hall–Kier alpha value is -1.18. The molecule has 1 aliphatic carbocycles. The summed E-state index contributed by atoms with van der Waals surface area (Å²) < 4.78 is 27.6. The topological polar surface area (TPSA) is 88.0 Å². The molecule has 0 bridgehead atoms. The molecule has 2 aromatic rings. The van der Waals surface area contributed by atoms with Gasteiger partial charge in [-0.15, -0.1) is 0 Å². The molecule has 1 fully saturated rings. The highest BCUT2D eigenvalue weighted by Crippen LogP contribution is 2.46. The molecule has 0 atom stereocenters. The average Bonchev–Trinajstić information content (AvgIpc) is 3.08. The number of hydrogen-bond donors (Lipinski definition) is 3. The molecule has 0 radical (unpaired) electrons. The van der Waals surface area contributed by atoms with Crippen LogP contribution in [0.15, 0.2) is 29.3 Å². The number of rotatable bonds is 5. The van der Waals surface area contributed by atoms with Crippen LogP contribution in [-0.4, -0.2) is 30.9 Å². The minimum Gasteiger partial charge on any atom is -0.399 e. The number of sulfonamides is 1. The number of nitrogens with two attached hydrogens (primary N) is 1. The Morgan fingerprint density at radius 1 is 1.45 bits per heavy atom. The fourth-order valence-electron chi connectivity index (χ4n) is 2.24. The van der Waals surface area contributed by atoms with Crippen molar-refractivity contribution < 1.29 is 8.42 Å². The second kappa shape index (κ2) is 4.68. The quantitative estimate of drug-likeness (QED) is 0.736. The molecule has 1 aromatic heterocycles. The van der Waals surface area contributed by atoms with Gasteiger partial charge in [0.15, 0.2) is 0 Å². The van der Waals surface area contributed by atoms with Crippen LogP contribution in [0.5, 0.6) is 0 Å². The monoisotopic (exact) mass is 311 g/mol. The molecule has 3 rings (SSSR count). The fraction of sp³-hybridized carbons (Fsp3) is 0.385. The largest absolute Gasteiger partial charge is 0.399 e. The minimum absolute atomic E-state index is 0.101. The van der Waals surface area contributed by atoms with E-state index < -0.39 is 10.0 Å². The van der Waals surface area contributed by atoms with E-state index in [2.05, 4.69) is 9.71 Å². The van der Waals surface area contributed by atoms with Crippen LogP contribution in [0.25, 0.3) is 10.9 Å². The lowest BCUT2D eigenvalue weighted by Gasteiger charge is -2.13. The SMILES string of the molecule is CSC1(CNS(=O)(=O)c2c[nH]c3cc(N)ccc23)CC1. The molecule has 0 spiro atoms. The van der Waals surface area contributed by atoms with E-state index in [1.807, 2.05) is 6.26 Å². The molecule has 1 aromatic carbocycles. The molecule has 0 unspecified atom stereocenters. The zero-order valence-corrected chi connectivity index (χ0v) is 12.8. The first kappa shape index (κ1) is 13.8. The van der Waals surface area contributed by atoms with E-state index in [1.165, 1.54) is 6.20 Å². The maximum atomic E-state index is 12.4. The Labute approximate surface area is 122 Å². The summed E-state index contributed by atoms with van der Waals surface area (Å²) in [4.78, 5) is 3.24. The summed E-state index contributed by atoms with van der Waals surface area (Å²) in [5.74, 6) is 0. The van der Waals surface area contributed by atoms with Crippen molar-refractivity contribution in [1.29, 1.82) is 0 Å². The zero-order chi connectivity index (χ0) is 14.4. The lowest BCUT2D eigenvalue weighted by molar-refractivity contribution is 0.580. The molecule has 4 N–H and O–H groups in total. The summed E-state index contributed by atoms with van der Waals surface area (Å²) in [5.41, 5.74) is 7.04. The predicted molar refractivity (Wildman–Crippen MR) is 83.4 cm³/mol. The predicted octanol–water partition coefficient (Wildman–Crippen LogP) is 1.92. The highest BCUT2D eigenvalue weighted by molar-refractivity contribution is 8.00. The summed E-state index contributed by atoms with van der Waals surface area (Å²) >= 11 is 1.73. The molecule has 5 nitrogen and oxygen atoms in total. The Morgan fingerprint density at radius 3 is 2.85 bits per heavy atom. The van der Waals surface area contributed by atoms with Gasteiger partial charge in [0.1, 0.15) is 4.90 Å².